The van der Waals surface area contributed by atoms with Gasteiger partial charge in [-0.05, 0) is 38.3 Å². The number of unbranched alkanes of at least 4 members (excludes halogenated alkanes) is 3. The second kappa shape index (κ2) is 7.69. The molecule has 1 fully saturated rings. The summed E-state index contributed by atoms with van der Waals surface area (Å²) in [6.45, 7) is 4.87. The fourth-order valence-electron chi connectivity index (χ4n) is 2.14. The van der Waals surface area contributed by atoms with Crippen LogP contribution in [0.1, 0.15) is 45.4 Å². The monoisotopic (exact) mass is 212 g/mol. The van der Waals surface area contributed by atoms with Crippen LogP contribution in [0, 0.1) is 5.92 Å². The molecule has 0 aromatic heterocycles. The third-order valence-corrected chi connectivity index (χ3v) is 3.08. The van der Waals surface area contributed by atoms with Crippen molar-refractivity contribution in [2.75, 3.05) is 19.6 Å². The van der Waals surface area contributed by atoms with Gasteiger partial charge in [-0.2, -0.15) is 0 Å². The quantitative estimate of drug-likeness (QED) is 0.630. The molecule has 1 amide bonds. The standard InChI is InChI=1S/C12H24N2O/c1-11(15)14-8-5-3-2-4-6-12-7-9-13-10-12/h12-13H,2-10H2,1H3,(H,14,15). The van der Waals surface area contributed by atoms with Crippen LogP contribution in [0.5, 0.6) is 0 Å². The third kappa shape index (κ3) is 6.50. The summed E-state index contributed by atoms with van der Waals surface area (Å²) >= 11 is 0. The number of hydrogen-bond acceptors (Lipinski definition) is 2. The Labute approximate surface area is 93.0 Å². The van der Waals surface area contributed by atoms with E-state index in [2.05, 4.69) is 10.6 Å². The highest BCUT2D eigenvalue weighted by Gasteiger charge is 2.12. The van der Waals surface area contributed by atoms with Gasteiger partial charge in [0.05, 0.1) is 0 Å². The van der Waals surface area contributed by atoms with Crippen molar-refractivity contribution in [2.24, 2.45) is 5.92 Å². The zero-order valence-electron chi connectivity index (χ0n) is 9.85. The van der Waals surface area contributed by atoms with Crippen molar-refractivity contribution in [3.05, 3.63) is 0 Å². The normalized spacial score (nSPS) is 20.5. The fourth-order valence-corrected chi connectivity index (χ4v) is 2.14. The molecule has 1 aliphatic rings. The van der Waals surface area contributed by atoms with E-state index in [-0.39, 0.29) is 5.91 Å². The van der Waals surface area contributed by atoms with E-state index in [1.54, 1.807) is 6.92 Å². The molecule has 0 aliphatic carbocycles. The lowest BCUT2D eigenvalue weighted by atomic mass is 10.0. The highest BCUT2D eigenvalue weighted by atomic mass is 16.1. The topological polar surface area (TPSA) is 41.1 Å². The molecule has 0 aromatic carbocycles. The Balaban J connectivity index is 1.78. The van der Waals surface area contributed by atoms with Crippen LogP contribution in [0.15, 0.2) is 0 Å². The second-order valence-electron chi connectivity index (χ2n) is 4.54. The maximum atomic E-state index is 10.6. The summed E-state index contributed by atoms with van der Waals surface area (Å²) < 4.78 is 0. The number of carbonyl (C=O) groups excluding carboxylic acids is 1. The van der Waals surface area contributed by atoms with Gasteiger partial charge in [0.15, 0.2) is 0 Å². The SMILES string of the molecule is CC(=O)NCCCCCCC1CCNC1. The first-order valence-electron chi connectivity index (χ1n) is 6.24. The summed E-state index contributed by atoms with van der Waals surface area (Å²) in [5.74, 6) is 1.02. The number of nitrogens with one attached hydrogen (secondary N) is 2. The Hall–Kier alpha value is -0.570. The maximum Gasteiger partial charge on any atom is 0.216 e. The Bertz CT molecular complexity index is 176. The lowest BCUT2D eigenvalue weighted by Crippen LogP contribution is -2.20. The molecule has 15 heavy (non-hydrogen) atoms. The zero-order valence-corrected chi connectivity index (χ0v) is 9.85. The largest absolute Gasteiger partial charge is 0.356 e. The Morgan fingerprint density at radius 1 is 1.33 bits per heavy atom. The smallest absolute Gasteiger partial charge is 0.216 e. The zero-order chi connectivity index (χ0) is 10.9. The van der Waals surface area contributed by atoms with Crippen LogP contribution in [-0.4, -0.2) is 25.5 Å². The van der Waals surface area contributed by atoms with E-state index in [9.17, 15) is 4.79 Å². The molecular weight excluding hydrogens is 188 g/mol. The minimum Gasteiger partial charge on any atom is -0.356 e. The van der Waals surface area contributed by atoms with Crippen LogP contribution in [0.4, 0.5) is 0 Å². The summed E-state index contributed by atoms with van der Waals surface area (Å²) in [7, 11) is 0. The molecule has 0 saturated carbocycles. The second-order valence-corrected chi connectivity index (χ2v) is 4.54. The average Bonchev–Trinajstić information content (AvgIpc) is 2.68. The summed E-state index contributed by atoms with van der Waals surface area (Å²) in [5, 5.41) is 6.23. The van der Waals surface area contributed by atoms with Gasteiger partial charge in [-0.3, -0.25) is 4.79 Å². The van der Waals surface area contributed by atoms with Gasteiger partial charge in [0.25, 0.3) is 0 Å². The molecule has 1 heterocycles. The van der Waals surface area contributed by atoms with Crippen LogP contribution >= 0.6 is 0 Å². The minimum atomic E-state index is 0.0898. The van der Waals surface area contributed by atoms with Crippen LogP contribution < -0.4 is 10.6 Å². The molecule has 1 aliphatic heterocycles. The fraction of sp³-hybridized carbons (Fsp3) is 0.917. The molecule has 1 atom stereocenters. The molecule has 1 rings (SSSR count). The number of rotatable bonds is 7. The molecule has 1 saturated heterocycles. The van der Waals surface area contributed by atoms with Gasteiger partial charge in [0.1, 0.15) is 0 Å². The lowest BCUT2D eigenvalue weighted by molar-refractivity contribution is -0.118. The molecule has 0 radical (unpaired) electrons. The molecule has 0 spiro atoms. The van der Waals surface area contributed by atoms with E-state index < -0.39 is 0 Å². The van der Waals surface area contributed by atoms with Crippen molar-refractivity contribution in [3.63, 3.8) is 0 Å². The van der Waals surface area contributed by atoms with Crippen molar-refractivity contribution >= 4 is 5.91 Å². The molecule has 3 heteroatoms. The summed E-state index contributed by atoms with van der Waals surface area (Å²) in [4.78, 5) is 10.6. The summed E-state index contributed by atoms with van der Waals surface area (Å²) in [6.07, 6.45) is 7.80. The van der Waals surface area contributed by atoms with Gasteiger partial charge in [-0.15, -0.1) is 0 Å². The first kappa shape index (κ1) is 12.5. The van der Waals surface area contributed by atoms with Crippen molar-refractivity contribution < 1.29 is 4.79 Å². The highest BCUT2D eigenvalue weighted by Crippen LogP contribution is 2.16. The van der Waals surface area contributed by atoms with E-state index in [1.165, 1.54) is 45.2 Å². The van der Waals surface area contributed by atoms with E-state index >= 15 is 0 Å². The van der Waals surface area contributed by atoms with Crippen molar-refractivity contribution in [2.45, 2.75) is 45.4 Å². The van der Waals surface area contributed by atoms with Gasteiger partial charge < -0.3 is 10.6 Å². The Morgan fingerprint density at radius 2 is 2.13 bits per heavy atom. The molecule has 2 N–H and O–H groups in total. The molecule has 3 nitrogen and oxygen atoms in total. The van der Waals surface area contributed by atoms with Crippen molar-refractivity contribution in [1.82, 2.24) is 10.6 Å². The molecule has 1 unspecified atom stereocenters. The van der Waals surface area contributed by atoms with Gasteiger partial charge in [-0.1, -0.05) is 19.3 Å². The van der Waals surface area contributed by atoms with E-state index in [4.69, 9.17) is 0 Å². The first-order chi connectivity index (χ1) is 7.29. The van der Waals surface area contributed by atoms with Gasteiger partial charge in [0, 0.05) is 13.5 Å². The van der Waals surface area contributed by atoms with Crippen molar-refractivity contribution in [1.29, 1.82) is 0 Å². The molecule has 0 aromatic rings. The van der Waals surface area contributed by atoms with Crippen LogP contribution in [0.2, 0.25) is 0 Å². The van der Waals surface area contributed by atoms with E-state index in [0.29, 0.717) is 0 Å². The highest BCUT2D eigenvalue weighted by molar-refractivity contribution is 5.72. The molecule has 0 bridgehead atoms. The molecule has 88 valence electrons. The minimum absolute atomic E-state index is 0.0898. The van der Waals surface area contributed by atoms with E-state index in [0.717, 1.165) is 18.9 Å². The number of hydrogen-bond donors (Lipinski definition) is 2. The van der Waals surface area contributed by atoms with Crippen LogP contribution in [-0.2, 0) is 4.79 Å². The third-order valence-electron chi connectivity index (χ3n) is 3.08. The van der Waals surface area contributed by atoms with E-state index in [1.807, 2.05) is 0 Å². The Kier molecular flexibility index (Phi) is 6.41. The van der Waals surface area contributed by atoms with Crippen LogP contribution in [0.3, 0.4) is 0 Å². The van der Waals surface area contributed by atoms with Crippen molar-refractivity contribution in [3.8, 4) is 0 Å². The Morgan fingerprint density at radius 3 is 2.80 bits per heavy atom. The molecular formula is C12H24N2O. The van der Waals surface area contributed by atoms with Gasteiger partial charge in [-0.25, -0.2) is 0 Å². The number of amides is 1. The van der Waals surface area contributed by atoms with Crippen LogP contribution in [0.25, 0.3) is 0 Å². The average molecular weight is 212 g/mol. The number of carbonyl (C=O) groups is 1. The lowest BCUT2D eigenvalue weighted by Gasteiger charge is -2.07. The first-order valence-corrected chi connectivity index (χ1v) is 6.24. The van der Waals surface area contributed by atoms with Gasteiger partial charge >= 0.3 is 0 Å². The maximum absolute atomic E-state index is 10.6. The predicted octanol–water partition coefficient (Wildman–Crippen LogP) is 1.68. The van der Waals surface area contributed by atoms with Gasteiger partial charge in [0.2, 0.25) is 5.91 Å². The summed E-state index contributed by atoms with van der Waals surface area (Å²) in [5.41, 5.74) is 0. The summed E-state index contributed by atoms with van der Waals surface area (Å²) in [6, 6.07) is 0. The predicted molar refractivity (Wildman–Crippen MR) is 62.7 cm³/mol.